The lowest BCUT2D eigenvalue weighted by atomic mass is 10.0. The number of nitrogens with zero attached hydrogens (tertiary/aromatic N) is 1. The first-order valence-electron chi connectivity index (χ1n) is 5.86. The van der Waals surface area contributed by atoms with Gasteiger partial charge in [0, 0.05) is 20.5 Å². The van der Waals surface area contributed by atoms with E-state index in [-0.39, 0.29) is 18.3 Å². The molecule has 0 bridgehead atoms. The summed E-state index contributed by atoms with van der Waals surface area (Å²) in [5, 5.41) is 51.7. The van der Waals surface area contributed by atoms with Crippen molar-refractivity contribution < 1.29 is 25.2 Å². The van der Waals surface area contributed by atoms with Crippen LogP contribution < -0.4 is 11.1 Å². The minimum absolute atomic E-state index is 0.0162. The largest absolute Gasteiger partial charge is 0.394 e. The number of aliphatic hydroxyl groups excluding tert-OH is 4. The number of ether oxygens (including phenoxy) is 1. The van der Waals surface area contributed by atoms with Gasteiger partial charge in [0.1, 0.15) is 12.2 Å². The number of hydrogen-bond acceptors (Lipinski definition) is 7. The maximum atomic E-state index is 9.11. The number of hydrogen-bond donors (Lipinski definition) is 8. The van der Waals surface area contributed by atoms with E-state index in [9.17, 15) is 0 Å². The van der Waals surface area contributed by atoms with Crippen LogP contribution in [0.5, 0.6) is 0 Å². The van der Waals surface area contributed by atoms with Gasteiger partial charge in [0.2, 0.25) is 0 Å². The molecular formula is C10H23N5O5. The molecule has 4 atom stereocenters. The fraction of sp³-hybridized carbons (Fsp3) is 0.800. The van der Waals surface area contributed by atoms with E-state index in [1.165, 1.54) is 4.90 Å². The third-order valence-corrected chi connectivity index (χ3v) is 2.43. The molecule has 1 heterocycles. The predicted octanol–water partition coefficient (Wildman–Crippen LogP) is -3.23. The maximum absolute atomic E-state index is 9.11. The van der Waals surface area contributed by atoms with Crippen molar-refractivity contribution in [2.45, 2.75) is 31.0 Å². The molecule has 1 saturated heterocycles. The Bertz CT molecular complexity index is 327. The van der Waals surface area contributed by atoms with Crippen LogP contribution in [-0.2, 0) is 4.74 Å². The molecule has 1 aliphatic heterocycles. The molecule has 20 heavy (non-hydrogen) atoms. The van der Waals surface area contributed by atoms with Crippen LogP contribution in [0.3, 0.4) is 0 Å². The first kappa shape index (κ1) is 18.5. The zero-order valence-electron chi connectivity index (χ0n) is 11.4. The van der Waals surface area contributed by atoms with E-state index < -0.39 is 31.2 Å². The lowest BCUT2D eigenvalue weighted by Gasteiger charge is -2.33. The third kappa shape index (κ3) is 6.63. The minimum Gasteiger partial charge on any atom is -0.394 e. The van der Waals surface area contributed by atoms with Gasteiger partial charge in [-0.05, 0) is 0 Å². The molecule has 1 fully saturated rings. The van der Waals surface area contributed by atoms with E-state index in [1.54, 1.807) is 14.1 Å². The molecule has 0 aliphatic carbocycles. The van der Waals surface area contributed by atoms with Crippen molar-refractivity contribution in [3.63, 3.8) is 0 Å². The lowest BCUT2D eigenvalue weighted by Crippen LogP contribution is -2.49. The summed E-state index contributed by atoms with van der Waals surface area (Å²) in [5.74, 6) is -0.101. The van der Waals surface area contributed by atoms with Crippen LogP contribution in [0.1, 0.15) is 6.42 Å². The van der Waals surface area contributed by atoms with Crippen LogP contribution in [0.25, 0.3) is 0 Å². The molecule has 9 N–H and O–H groups in total. The quantitative estimate of drug-likeness (QED) is 0.183. The molecule has 0 spiro atoms. The van der Waals surface area contributed by atoms with E-state index in [0.29, 0.717) is 0 Å². The van der Waals surface area contributed by atoms with Crippen molar-refractivity contribution >= 4 is 11.9 Å². The molecule has 118 valence electrons. The average molecular weight is 293 g/mol. The van der Waals surface area contributed by atoms with Gasteiger partial charge in [0.05, 0.1) is 12.7 Å². The van der Waals surface area contributed by atoms with Crippen LogP contribution in [0.15, 0.2) is 0 Å². The van der Waals surface area contributed by atoms with Crippen molar-refractivity contribution in [2.24, 2.45) is 5.73 Å². The van der Waals surface area contributed by atoms with Crippen LogP contribution in [0.2, 0.25) is 0 Å². The molecule has 1 unspecified atom stereocenters. The highest BCUT2D eigenvalue weighted by atomic mass is 16.6. The minimum atomic E-state index is -1.11. The molecule has 0 radical (unpaired) electrons. The lowest BCUT2D eigenvalue weighted by molar-refractivity contribution is -0.239. The van der Waals surface area contributed by atoms with Gasteiger partial charge in [-0.15, -0.1) is 0 Å². The summed E-state index contributed by atoms with van der Waals surface area (Å²) < 4.78 is 4.71. The van der Waals surface area contributed by atoms with Crippen molar-refractivity contribution in [2.75, 3.05) is 20.7 Å². The van der Waals surface area contributed by atoms with Gasteiger partial charge in [0.25, 0.3) is 0 Å². The molecule has 0 aromatic heterocycles. The molecule has 10 heteroatoms. The standard InChI is InChI=1S/C6H12O5.C4H11N5/c7-2-4-6(10)3(8)1-5(9)11-4;1-9(2)4(7)8-3(5)6/h3-10H,1-2H2;1-2H3,(H5,5,6,7,8)/t3-,4-,5?,6+;/m1./s1. The second-order valence-electron chi connectivity index (χ2n) is 4.39. The number of nitrogens with one attached hydrogen (secondary N) is 3. The summed E-state index contributed by atoms with van der Waals surface area (Å²) >= 11 is 0. The van der Waals surface area contributed by atoms with Crippen molar-refractivity contribution in [3.8, 4) is 0 Å². The Morgan fingerprint density at radius 2 is 1.90 bits per heavy atom. The third-order valence-electron chi connectivity index (χ3n) is 2.43. The van der Waals surface area contributed by atoms with Gasteiger partial charge in [-0.2, -0.15) is 0 Å². The van der Waals surface area contributed by atoms with Crippen LogP contribution in [0.4, 0.5) is 0 Å². The van der Waals surface area contributed by atoms with Crippen LogP contribution in [0, 0.1) is 10.8 Å². The normalized spacial score (nSPS) is 28.9. The van der Waals surface area contributed by atoms with Gasteiger partial charge in [-0.1, -0.05) is 0 Å². The topological polar surface area (TPSA) is 179 Å². The van der Waals surface area contributed by atoms with Gasteiger partial charge in [0.15, 0.2) is 18.2 Å². The smallest absolute Gasteiger partial charge is 0.197 e. The van der Waals surface area contributed by atoms with Gasteiger partial charge < -0.3 is 35.8 Å². The Labute approximate surface area is 116 Å². The van der Waals surface area contributed by atoms with Gasteiger partial charge >= 0.3 is 0 Å². The summed E-state index contributed by atoms with van der Waals surface area (Å²) in [6.07, 6.45) is -4.11. The van der Waals surface area contributed by atoms with Crippen LogP contribution in [-0.4, -0.2) is 82.5 Å². The SMILES string of the molecule is CN(C)C(=N)NC(=N)N.OC[C@H]1OC(O)C[C@@H](O)[C@@H]1O. The highest BCUT2D eigenvalue weighted by molar-refractivity contribution is 5.94. The van der Waals surface area contributed by atoms with Crippen molar-refractivity contribution in [3.05, 3.63) is 0 Å². The first-order valence-corrected chi connectivity index (χ1v) is 5.86. The fourth-order valence-corrected chi connectivity index (χ4v) is 1.32. The van der Waals surface area contributed by atoms with E-state index in [4.69, 9.17) is 41.7 Å². The number of aliphatic hydroxyl groups is 4. The number of guanidine groups is 2. The zero-order chi connectivity index (χ0) is 15.9. The molecule has 0 aromatic carbocycles. The molecule has 10 nitrogen and oxygen atoms in total. The zero-order valence-corrected chi connectivity index (χ0v) is 11.4. The van der Waals surface area contributed by atoms with Gasteiger partial charge in [-0.3, -0.25) is 16.1 Å². The molecule has 1 rings (SSSR count). The van der Waals surface area contributed by atoms with Crippen LogP contribution >= 0.6 is 0 Å². The van der Waals surface area contributed by atoms with E-state index >= 15 is 0 Å². The molecule has 0 saturated carbocycles. The van der Waals surface area contributed by atoms with E-state index in [0.717, 1.165) is 0 Å². The molecule has 0 aromatic rings. The predicted molar refractivity (Wildman–Crippen MR) is 71.1 cm³/mol. The van der Waals surface area contributed by atoms with E-state index in [1.807, 2.05) is 0 Å². The highest BCUT2D eigenvalue weighted by Crippen LogP contribution is 2.18. The summed E-state index contributed by atoms with van der Waals surface area (Å²) in [4.78, 5) is 1.52. The Hall–Kier alpha value is -1.46. The summed E-state index contributed by atoms with van der Waals surface area (Å²) in [7, 11) is 3.39. The molecular weight excluding hydrogens is 270 g/mol. The Morgan fingerprint density at radius 3 is 2.25 bits per heavy atom. The second kappa shape index (κ2) is 8.66. The first-order chi connectivity index (χ1) is 9.18. The maximum Gasteiger partial charge on any atom is 0.197 e. The summed E-state index contributed by atoms with van der Waals surface area (Å²) in [6.45, 7) is -0.407. The average Bonchev–Trinajstić information content (AvgIpc) is 2.33. The number of nitrogens with two attached hydrogens (primary N) is 1. The number of rotatable bonds is 1. The summed E-state index contributed by atoms with van der Waals surface area (Å²) in [6, 6.07) is 0. The fourth-order valence-electron chi connectivity index (χ4n) is 1.32. The molecule has 0 amide bonds. The van der Waals surface area contributed by atoms with Crippen molar-refractivity contribution in [1.29, 1.82) is 10.8 Å². The Morgan fingerprint density at radius 1 is 1.35 bits per heavy atom. The van der Waals surface area contributed by atoms with Gasteiger partial charge in [-0.25, -0.2) is 0 Å². The Kier molecular flexibility index (Phi) is 8.03. The molecule has 1 aliphatic rings. The Balaban J connectivity index is 0.000000370. The van der Waals surface area contributed by atoms with Crippen molar-refractivity contribution in [1.82, 2.24) is 10.2 Å². The summed E-state index contributed by atoms with van der Waals surface area (Å²) in [5.41, 5.74) is 4.94. The van der Waals surface area contributed by atoms with E-state index in [2.05, 4.69) is 5.32 Å². The monoisotopic (exact) mass is 293 g/mol. The highest BCUT2D eigenvalue weighted by Gasteiger charge is 2.35. The second-order valence-corrected chi connectivity index (χ2v) is 4.39.